The van der Waals surface area contributed by atoms with Crippen LogP contribution in [-0.2, 0) is 0 Å². The molecule has 3 N–H and O–H groups in total. The fraction of sp³-hybridized carbons (Fsp3) is 0.0667. The van der Waals surface area contributed by atoms with E-state index in [2.05, 4.69) is 16.2 Å². The Hall–Kier alpha value is -2.11. The van der Waals surface area contributed by atoms with Gasteiger partial charge in [0.15, 0.2) is 5.11 Å². The molecule has 0 atom stereocenters. The van der Waals surface area contributed by atoms with Crippen molar-refractivity contribution < 1.29 is 4.79 Å². The highest BCUT2D eigenvalue weighted by Crippen LogP contribution is 2.12. The van der Waals surface area contributed by atoms with Gasteiger partial charge < -0.3 is 5.32 Å². The molecule has 2 rings (SSSR count). The van der Waals surface area contributed by atoms with E-state index in [1.165, 1.54) is 0 Å². The van der Waals surface area contributed by atoms with Crippen LogP contribution in [-0.4, -0.2) is 11.0 Å². The summed E-state index contributed by atoms with van der Waals surface area (Å²) in [6.45, 7) is 1.97. The van der Waals surface area contributed by atoms with Gasteiger partial charge in [-0.15, -0.1) is 0 Å². The number of benzene rings is 2. The Morgan fingerprint density at radius 1 is 1.05 bits per heavy atom. The molecule has 0 aliphatic rings. The minimum atomic E-state index is -0.291. The van der Waals surface area contributed by atoms with E-state index in [0.29, 0.717) is 15.7 Å². The van der Waals surface area contributed by atoms with Gasteiger partial charge in [-0.1, -0.05) is 29.8 Å². The lowest BCUT2D eigenvalue weighted by atomic mass is 10.2. The highest BCUT2D eigenvalue weighted by molar-refractivity contribution is 7.80. The Labute approximate surface area is 133 Å². The average Bonchev–Trinajstić information content (AvgIpc) is 2.48. The molecule has 0 saturated heterocycles. The van der Waals surface area contributed by atoms with E-state index >= 15 is 0 Å². The molecule has 0 fully saturated rings. The third kappa shape index (κ3) is 4.44. The maximum absolute atomic E-state index is 11.9. The number of carbonyl (C=O) groups excluding carboxylic acids is 1. The number of hydrogen-bond donors (Lipinski definition) is 3. The maximum Gasteiger partial charge on any atom is 0.269 e. The first-order valence-electron chi connectivity index (χ1n) is 6.25. The molecule has 0 aliphatic carbocycles. The highest BCUT2D eigenvalue weighted by atomic mass is 35.5. The van der Waals surface area contributed by atoms with Gasteiger partial charge in [-0.05, 0) is 55.0 Å². The molecule has 0 aliphatic heterocycles. The van der Waals surface area contributed by atoms with Crippen LogP contribution >= 0.6 is 23.8 Å². The fourth-order valence-corrected chi connectivity index (χ4v) is 1.94. The van der Waals surface area contributed by atoms with E-state index in [1.807, 2.05) is 31.2 Å². The van der Waals surface area contributed by atoms with Crippen LogP contribution in [0.2, 0.25) is 5.02 Å². The molecule has 21 heavy (non-hydrogen) atoms. The third-order valence-corrected chi connectivity index (χ3v) is 3.25. The summed E-state index contributed by atoms with van der Waals surface area (Å²) in [6, 6.07) is 14.3. The van der Waals surface area contributed by atoms with Crippen molar-refractivity contribution in [2.24, 2.45) is 0 Å². The number of aryl methyl sites for hydroxylation is 1. The Kier molecular flexibility index (Phi) is 5.14. The molecule has 0 unspecified atom stereocenters. The first-order chi connectivity index (χ1) is 10.1. The van der Waals surface area contributed by atoms with E-state index in [9.17, 15) is 4.79 Å². The highest BCUT2D eigenvalue weighted by Gasteiger charge is 2.06. The van der Waals surface area contributed by atoms with Crippen LogP contribution in [0.4, 0.5) is 5.69 Å². The topological polar surface area (TPSA) is 53.2 Å². The quantitative estimate of drug-likeness (QED) is 0.587. The Bertz CT molecular complexity index is 658. The number of amides is 1. The fourth-order valence-electron chi connectivity index (χ4n) is 1.65. The number of hydrazine groups is 1. The zero-order valence-corrected chi connectivity index (χ0v) is 12.9. The molecular weight excluding hydrogens is 306 g/mol. The van der Waals surface area contributed by atoms with Crippen LogP contribution in [0.25, 0.3) is 0 Å². The molecule has 0 heterocycles. The predicted octanol–water partition coefficient (Wildman–Crippen LogP) is 3.28. The summed E-state index contributed by atoms with van der Waals surface area (Å²) in [4.78, 5) is 11.9. The second-order valence-electron chi connectivity index (χ2n) is 4.36. The molecule has 0 saturated carbocycles. The third-order valence-electron chi connectivity index (χ3n) is 2.79. The molecule has 6 heteroatoms. The first-order valence-corrected chi connectivity index (χ1v) is 7.03. The SMILES string of the molecule is Cc1ccccc1NC(=S)NNC(=O)c1ccc(Cl)cc1. The van der Waals surface area contributed by atoms with Crippen LogP contribution < -0.4 is 16.2 Å². The summed E-state index contributed by atoms with van der Waals surface area (Å²) in [5.74, 6) is -0.291. The summed E-state index contributed by atoms with van der Waals surface area (Å²) in [5.41, 5.74) is 7.62. The van der Waals surface area contributed by atoms with Crippen LogP contribution in [0.5, 0.6) is 0 Å². The Morgan fingerprint density at radius 3 is 2.38 bits per heavy atom. The number of anilines is 1. The van der Waals surface area contributed by atoms with Crippen molar-refractivity contribution in [1.29, 1.82) is 0 Å². The monoisotopic (exact) mass is 319 g/mol. The predicted molar refractivity (Wildman–Crippen MR) is 89.5 cm³/mol. The number of rotatable bonds is 2. The van der Waals surface area contributed by atoms with Gasteiger partial charge in [-0.3, -0.25) is 15.6 Å². The van der Waals surface area contributed by atoms with Gasteiger partial charge >= 0.3 is 0 Å². The molecule has 108 valence electrons. The van der Waals surface area contributed by atoms with E-state index in [-0.39, 0.29) is 5.91 Å². The second-order valence-corrected chi connectivity index (χ2v) is 5.20. The Morgan fingerprint density at radius 2 is 1.71 bits per heavy atom. The lowest BCUT2D eigenvalue weighted by Crippen LogP contribution is -2.43. The van der Waals surface area contributed by atoms with Crippen molar-refractivity contribution in [3.8, 4) is 0 Å². The summed E-state index contributed by atoms with van der Waals surface area (Å²) in [7, 11) is 0. The molecular formula is C15H14ClN3OS. The van der Waals surface area contributed by atoms with Crippen molar-refractivity contribution in [3.63, 3.8) is 0 Å². The van der Waals surface area contributed by atoms with Gasteiger partial charge in [-0.25, -0.2) is 0 Å². The number of carbonyl (C=O) groups is 1. The van der Waals surface area contributed by atoms with Crippen molar-refractivity contribution in [1.82, 2.24) is 10.9 Å². The number of para-hydroxylation sites is 1. The van der Waals surface area contributed by atoms with Crippen molar-refractivity contribution in [3.05, 3.63) is 64.7 Å². The van der Waals surface area contributed by atoms with Crippen molar-refractivity contribution in [2.75, 3.05) is 5.32 Å². The van der Waals surface area contributed by atoms with Gasteiger partial charge in [0, 0.05) is 16.3 Å². The summed E-state index contributed by atoms with van der Waals surface area (Å²) >= 11 is 10.9. The standard InChI is InChI=1S/C15H14ClN3OS/c1-10-4-2-3-5-13(10)17-15(21)19-18-14(20)11-6-8-12(16)9-7-11/h2-9H,1H3,(H,18,20)(H2,17,19,21). The molecule has 4 nitrogen and oxygen atoms in total. The number of nitrogens with one attached hydrogen (secondary N) is 3. The molecule has 0 aromatic heterocycles. The van der Waals surface area contributed by atoms with Crippen molar-refractivity contribution in [2.45, 2.75) is 6.92 Å². The van der Waals surface area contributed by atoms with Crippen LogP contribution in [0.1, 0.15) is 15.9 Å². The van der Waals surface area contributed by atoms with E-state index in [4.69, 9.17) is 23.8 Å². The molecule has 0 radical (unpaired) electrons. The molecule has 2 aromatic rings. The van der Waals surface area contributed by atoms with E-state index in [0.717, 1.165) is 11.3 Å². The molecule has 1 amide bonds. The number of thiocarbonyl (C=S) groups is 1. The van der Waals surface area contributed by atoms with E-state index in [1.54, 1.807) is 24.3 Å². The van der Waals surface area contributed by atoms with Gasteiger partial charge in [-0.2, -0.15) is 0 Å². The minimum Gasteiger partial charge on any atom is -0.331 e. The summed E-state index contributed by atoms with van der Waals surface area (Å²) in [5, 5.41) is 3.90. The number of hydrogen-bond acceptors (Lipinski definition) is 2. The molecule has 0 spiro atoms. The van der Waals surface area contributed by atoms with E-state index < -0.39 is 0 Å². The first kappa shape index (κ1) is 15.3. The Balaban J connectivity index is 1.88. The zero-order valence-electron chi connectivity index (χ0n) is 11.3. The van der Waals surface area contributed by atoms with Crippen molar-refractivity contribution >= 4 is 40.5 Å². The second kappa shape index (κ2) is 7.06. The maximum atomic E-state index is 11.9. The lowest BCUT2D eigenvalue weighted by Gasteiger charge is -2.13. The minimum absolute atomic E-state index is 0.291. The molecule has 2 aromatic carbocycles. The lowest BCUT2D eigenvalue weighted by molar-refractivity contribution is 0.0944. The van der Waals surface area contributed by atoms with Gasteiger partial charge in [0.2, 0.25) is 0 Å². The zero-order chi connectivity index (χ0) is 15.2. The average molecular weight is 320 g/mol. The largest absolute Gasteiger partial charge is 0.331 e. The van der Waals surface area contributed by atoms with Crippen LogP contribution in [0, 0.1) is 6.92 Å². The number of halogens is 1. The van der Waals surface area contributed by atoms with Gasteiger partial charge in [0.25, 0.3) is 5.91 Å². The van der Waals surface area contributed by atoms with Crippen LogP contribution in [0.3, 0.4) is 0 Å². The van der Waals surface area contributed by atoms with Gasteiger partial charge in [0.05, 0.1) is 0 Å². The summed E-state index contributed by atoms with van der Waals surface area (Å²) in [6.07, 6.45) is 0. The molecule has 0 bridgehead atoms. The van der Waals surface area contributed by atoms with Crippen LogP contribution in [0.15, 0.2) is 48.5 Å². The summed E-state index contributed by atoms with van der Waals surface area (Å²) < 4.78 is 0. The van der Waals surface area contributed by atoms with Gasteiger partial charge in [0.1, 0.15) is 0 Å². The smallest absolute Gasteiger partial charge is 0.269 e. The normalized spacial score (nSPS) is 9.81.